The fourth-order valence-corrected chi connectivity index (χ4v) is 3.49. The third-order valence-electron chi connectivity index (χ3n) is 4.96. The molecule has 0 saturated carbocycles. The maximum atomic E-state index is 11.6. The van der Waals surface area contributed by atoms with E-state index in [0.717, 1.165) is 17.2 Å². The van der Waals surface area contributed by atoms with Gasteiger partial charge in [-0.1, -0.05) is 50.8 Å². The molecule has 2 aromatic rings. The van der Waals surface area contributed by atoms with Crippen LogP contribution < -0.4 is 9.75 Å². The van der Waals surface area contributed by atoms with Crippen LogP contribution in [-0.4, -0.2) is 18.6 Å². The van der Waals surface area contributed by atoms with Crippen LogP contribution in [0.3, 0.4) is 0 Å². The molecule has 1 aliphatic carbocycles. The molecule has 1 amide bonds. The highest BCUT2D eigenvalue weighted by Crippen LogP contribution is 2.45. The molecule has 142 valence electrons. The Morgan fingerprint density at radius 1 is 1.18 bits per heavy atom. The Balaban J connectivity index is 1.90. The summed E-state index contributed by atoms with van der Waals surface area (Å²) in [6, 6.07) is 14.9. The molecular weight excluding hydrogens is 352 g/mol. The molecular formula is C23H22N2O3. The summed E-state index contributed by atoms with van der Waals surface area (Å²) in [5, 5.41) is 5.60. The van der Waals surface area contributed by atoms with Gasteiger partial charge in [-0.05, 0) is 41.3 Å². The van der Waals surface area contributed by atoms with Gasteiger partial charge in [-0.3, -0.25) is 4.79 Å². The highest BCUT2D eigenvalue weighted by molar-refractivity contribution is 5.99. The normalized spacial score (nSPS) is 14.7. The number of anilines is 1. The number of carbonyl (C=O) groups excluding carboxylic acids is 2. The largest absolute Gasteiger partial charge is 0.423 e. The highest BCUT2D eigenvalue weighted by atomic mass is 16.5. The second-order valence-electron chi connectivity index (χ2n) is 7.03. The fraction of sp³-hybridized carbons (Fsp3) is 0.174. The van der Waals surface area contributed by atoms with Crippen molar-refractivity contribution in [3.63, 3.8) is 0 Å². The van der Waals surface area contributed by atoms with Gasteiger partial charge in [0.25, 0.3) is 0 Å². The lowest BCUT2D eigenvalue weighted by atomic mass is 9.82. The van der Waals surface area contributed by atoms with Crippen molar-refractivity contribution in [3.05, 3.63) is 77.9 Å². The van der Waals surface area contributed by atoms with Crippen LogP contribution in [0.4, 0.5) is 5.69 Å². The van der Waals surface area contributed by atoms with E-state index in [0.29, 0.717) is 17.8 Å². The zero-order valence-electron chi connectivity index (χ0n) is 16.2. The molecule has 0 bridgehead atoms. The van der Waals surface area contributed by atoms with Gasteiger partial charge >= 0.3 is 5.97 Å². The number of nitrogens with zero attached hydrogens (tertiary/aromatic N) is 2. The number of rotatable bonds is 6. The van der Waals surface area contributed by atoms with Crippen molar-refractivity contribution in [1.82, 2.24) is 0 Å². The van der Waals surface area contributed by atoms with Gasteiger partial charge in [0.05, 0.1) is 11.9 Å². The van der Waals surface area contributed by atoms with E-state index in [9.17, 15) is 9.59 Å². The standard InChI is InChI=1S/C23H22N2O3/c1-5-22(27)28-18-10-8-9-17(13-18)25(15-26)24-14-21-16(2)19-11-6-7-12-20(19)23(21,3)4/h5-15H,1H2,2-4H3/b24-14+. The van der Waals surface area contributed by atoms with Gasteiger partial charge in [0, 0.05) is 17.6 Å². The Labute approximate surface area is 164 Å². The summed E-state index contributed by atoms with van der Waals surface area (Å²) in [6.07, 6.45) is 3.43. The first-order chi connectivity index (χ1) is 13.4. The number of hydrazone groups is 1. The van der Waals surface area contributed by atoms with Crippen molar-refractivity contribution in [1.29, 1.82) is 0 Å². The van der Waals surface area contributed by atoms with Crippen LogP contribution in [0.2, 0.25) is 0 Å². The third-order valence-corrected chi connectivity index (χ3v) is 4.96. The Bertz CT molecular complexity index is 1000. The molecule has 5 nitrogen and oxygen atoms in total. The number of fused-ring (bicyclic) bond motifs is 1. The molecule has 0 spiro atoms. The van der Waals surface area contributed by atoms with Crippen molar-refractivity contribution >= 4 is 29.9 Å². The summed E-state index contributed by atoms with van der Waals surface area (Å²) >= 11 is 0. The first-order valence-corrected chi connectivity index (χ1v) is 8.92. The summed E-state index contributed by atoms with van der Waals surface area (Å²) in [7, 11) is 0. The minimum atomic E-state index is -0.565. The van der Waals surface area contributed by atoms with E-state index in [2.05, 4.69) is 44.6 Å². The average Bonchev–Trinajstić information content (AvgIpc) is 2.89. The topological polar surface area (TPSA) is 59.0 Å². The number of carbonyl (C=O) groups is 2. The molecule has 0 radical (unpaired) electrons. The van der Waals surface area contributed by atoms with Gasteiger partial charge in [0.2, 0.25) is 6.41 Å². The monoisotopic (exact) mass is 374 g/mol. The van der Waals surface area contributed by atoms with E-state index in [-0.39, 0.29) is 5.41 Å². The first-order valence-electron chi connectivity index (χ1n) is 8.92. The van der Waals surface area contributed by atoms with Crippen molar-refractivity contribution in [3.8, 4) is 5.75 Å². The minimum absolute atomic E-state index is 0.208. The van der Waals surface area contributed by atoms with E-state index in [1.807, 2.05) is 12.1 Å². The minimum Gasteiger partial charge on any atom is -0.423 e. The van der Waals surface area contributed by atoms with Crippen LogP contribution in [0.1, 0.15) is 31.9 Å². The van der Waals surface area contributed by atoms with E-state index in [4.69, 9.17) is 4.74 Å². The molecule has 0 fully saturated rings. The average molecular weight is 374 g/mol. The summed E-state index contributed by atoms with van der Waals surface area (Å²) in [6.45, 7) is 9.72. The SMILES string of the molecule is C=CC(=O)Oc1cccc(N(C=O)/N=C/C2=C(C)c3ccccc3C2(C)C)c1. The number of hydrogen-bond acceptors (Lipinski definition) is 4. The van der Waals surface area contributed by atoms with Crippen molar-refractivity contribution in [2.24, 2.45) is 5.10 Å². The number of amides is 1. The highest BCUT2D eigenvalue weighted by Gasteiger charge is 2.34. The molecule has 3 rings (SSSR count). The van der Waals surface area contributed by atoms with Gasteiger partial charge in [-0.15, -0.1) is 0 Å². The van der Waals surface area contributed by atoms with Crippen LogP contribution in [-0.2, 0) is 15.0 Å². The second kappa shape index (κ2) is 7.64. The van der Waals surface area contributed by atoms with E-state index in [1.54, 1.807) is 30.5 Å². The molecule has 0 aromatic heterocycles. The number of benzene rings is 2. The van der Waals surface area contributed by atoms with E-state index >= 15 is 0 Å². The smallest absolute Gasteiger partial charge is 0.335 e. The van der Waals surface area contributed by atoms with Crippen LogP contribution in [0.5, 0.6) is 5.75 Å². The summed E-state index contributed by atoms with van der Waals surface area (Å²) < 4.78 is 5.11. The molecule has 28 heavy (non-hydrogen) atoms. The van der Waals surface area contributed by atoms with Crippen molar-refractivity contribution in [2.75, 3.05) is 5.01 Å². The lowest BCUT2D eigenvalue weighted by molar-refractivity contribution is -0.128. The number of ether oxygens (including phenoxy) is 1. The van der Waals surface area contributed by atoms with Crippen molar-refractivity contribution < 1.29 is 14.3 Å². The molecule has 0 N–H and O–H groups in total. The number of hydrogen-bond donors (Lipinski definition) is 0. The van der Waals surface area contributed by atoms with Gasteiger partial charge in [-0.25, -0.2) is 9.80 Å². The Kier molecular flexibility index (Phi) is 5.27. The maximum absolute atomic E-state index is 11.6. The summed E-state index contributed by atoms with van der Waals surface area (Å²) in [5.74, 6) is -0.252. The molecule has 0 atom stereocenters. The van der Waals surface area contributed by atoms with Crippen LogP contribution >= 0.6 is 0 Å². The zero-order chi connectivity index (χ0) is 20.3. The van der Waals surface area contributed by atoms with Crippen LogP contribution in [0, 0.1) is 0 Å². The predicted octanol–water partition coefficient (Wildman–Crippen LogP) is 4.49. The van der Waals surface area contributed by atoms with Gasteiger partial charge in [0.1, 0.15) is 5.75 Å². The fourth-order valence-electron chi connectivity index (χ4n) is 3.49. The third kappa shape index (κ3) is 3.51. The number of allylic oxidation sites excluding steroid dienone is 2. The molecule has 0 heterocycles. The molecule has 5 heteroatoms. The molecule has 2 aromatic carbocycles. The predicted molar refractivity (Wildman–Crippen MR) is 111 cm³/mol. The van der Waals surface area contributed by atoms with E-state index < -0.39 is 5.97 Å². The Hall–Kier alpha value is -3.47. The van der Waals surface area contributed by atoms with Crippen LogP contribution in [0.25, 0.3) is 5.57 Å². The van der Waals surface area contributed by atoms with Crippen molar-refractivity contribution in [2.45, 2.75) is 26.2 Å². The lowest BCUT2D eigenvalue weighted by Crippen LogP contribution is -2.20. The lowest BCUT2D eigenvalue weighted by Gasteiger charge is -2.22. The Morgan fingerprint density at radius 2 is 1.93 bits per heavy atom. The van der Waals surface area contributed by atoms with Gasteiger partial charge in [-0.2, -0.15) is 5.10 Å². The molecule has 0 aliphatic heterocycles. The molecule has 0 unspecified atom stereocenters. The maximum Gasteiger partial charge on any atom is 0.335 e. The summed E-state index contributed by atoms with van der Waals surface area (Å²) in [5.41, 5.74) is 4.92. The van der Waals surface area contributed by atoms with Crippen LogP contribution in [0.15, 0.2) is 71.9 Å². The first kappa shape index (κ1) is 19.3. The van der Waals surface area contributed by atoms with Gasteiger partial charge in [0.15, 0.2) is 0 Å². The van der Waals surface area contributed by atoms with E-state index in [1.165, 1.54) is 16.1 Å². The number of esters is 1. The molecule has 1 aliphatic rings. The second-order valence-corrected chi connectivity index (χ2v) is 7.03. The van der Waals surface area contributed by atoms with Gasteiger partial charge < -0.3 is 4.74 Å². The quantitative estimate of drug-likeness (QED) is 0.187. The summed E-state index contributed by atoms with van der Waals surface area (Å²) in [4.78, 5) is 23.0. The Morgan fingerprint density at radius 3 is 2.61 bits per heavy atom. The molecule has 0 saturated heterocycles. The zero-order valence-corrected chi connectivity index (χ0v) is 16.2.